The van der Waals surface area contributed by atoms with Crippen molar-refractivity contribution in [3.05, 3.63) is 23.9 Å². The molecule has 0 aliphatic carbocycles. The summed E-state index contributed by atoms with van der Waals surface area (Å²) in [6.07, 6.45) is 2.79. The number of nitrogens with zero attached hydrogens (tertiary/aromatic N) is 1. The van der Waals surface area contributed by atoms with Crippen LogP contribution >= 0.6 is 0 Å². The normalized spacial score (nSPS) is 18.8. The van der Waals surface area contributed by atoms with E-state index >= 15 is 0 Å². The van der Waals surface area contributed by atoms with Gasteiger partial charge in [0.25, 0.3) is 0 Å². The molecule has 17 heavy (non-hydrogen) atoms. The highest BCUT2D eigenvalue weighted by Crippen LogP contribution is 2.10. The molecule has 0 bridgehead atoms. The molecule has 0 saturated carbocycles. The van der Waals surface area contributed by atoms with E-state index in [9.17, 15) is 9.59 Å². The summed E-state index contributed by atoms with van der Waals surface area (Å²) in [5, 5.41) is 14.6. The predicted octanol–water partition coefficient (Wildman–Crippen LogP) is 0.470. The number of amides is 1. The van der Waals surface area contributed by atoms with Gasteiger partial charge in [0.1, 0.15) is 5.82 Å². The number of anilines is 1. The second-order valence-electron chi connectivity index (χ2n) is 3.92. The molecule has 1 saturated heterocycles. The van der Waals surface area contributed by atoms with Crippen LogP contribution < -0.4 is 10.6 Å². The van der Waals surface area contributed by atoms with Crippen molar-refractivity contribution in [1.29, 1.82) is 0 Å². The number of carbonyl (C=O) groups excluding carboxylic acids is 1. The van der Waals surface area contributed by atoms with Gasteiger partial charge in [0, 0.05) is 25.2 Å². The number of carboxylic acid groups (broad SMARTS) is 1. The van der Waals surface area contributed by atoms with Crippen molar-refractivity contribution in [3.63, 3.8) is 0 Å². The van der Waals surface area contributed by atoms with Crippen LogP contribution in [0.15, 0.2) is 18.3 Å². The molecule has 0 aromatic carbocycles. The van der Waals surface area contributed by atoms with Crippen LogP contribution in [0.5, 0.6) is 0 Å². The lowest BCUT2D eigenvalue weighted by atomic mass is 10.2. The van der Waals surface area contributed by atoms with E-state index in [1.165, 1.54) is 18.3 Å². The number of rotatable bonds is 4. The molecule has 3 N–H and O–H groups in total. The van der Waals surface area contributed by atoms with Crippen molar-refractivity contribution >= 4 is 17.7 Å². The maximum absolute atomic E-state index is 11.0. The van der Waals surface area contributed by atoms with Crippen LogP contribution in [-0.2, 0) is 4.79 Å². The molecule has 1 amide bonds. The van der Waals surface area contributed by atoms with Gasteiger partial charge in [-0.15, -0.1) is 0 Å². The molecule has 1 atom stereocenters. The first-order valence-corrected chi connectivity index (χ1v) is 5.38. The van der Waals surface area contributed by atoms with Crippen LogP contribution in [0, 0.1) is 0 Å². The van der Waals surface area contributed by atoms with Crippen LogP contribution in [0.2, 0.25) is 0 Å². The van der Waals surface area contributed by atoms with Gasteiger partial charge in [-0.1, -0.05) is 0 Å². The van der Waals surface area contributed by atoms with E-state index in [-0.39, 0.29) is 17.5 Å². The lowest BCUT2D eigenvalue weighted by molar-refractivity contribution is -0.119. The van der Waals surface area contributed by atoms with Gasteiger partial charge >= 0.3 is 5.97 Å². The van der Waals surface area contributed by atoms with Gasteiger partial charge in [-0.25, -0.2) is 9.78 Å². The van der Waals surface area contributed by atoms with Crippen LogP contribution in [0.1, 0.15) is 23.2 Å². The van der Waals surface area contributed by atoms with Crippen molar-refractivity contribution in [2.24, 2.45) is 0 Å². The summed E-state index contributed by atoms with van der Waals surface area (Å²) in [6.45, 7) is 0.557. The molecule has 1 aliphatic rings. The number of carboxylic acids is 1. The van der Waals surface area contributed by atoms with Gasteiger partial charge in [0.2, 0.25) is 5.91 Å². The number of nitrogens with one attached hydrogen (secondary N) is 2. The van der Waals surface area contributed by atoms with Crippen LogP contribution in [0.3, 0.4) is 0 Å². The fourth-order valence-electron chi connectivity index (χ4n) is 1.72. The minimum Gasteiger partial charge on any atom is -0.478 e. The zero-order valence-corrected chi connectivity index (χ0v) is 9.14. The summed E-state index contributed by atoms with van der Waals surface area (Å²) in [5.41, 5.74) is 0.193. The summed E-state index contributed by atoms with van der Waals surface area (Å²) in [5.74, 6) is -0.417. The molecular weight excluding hydrogens is 222 g/mol. The van der Waals surface area contributed by atoms with Gasteiger partial charge in [-0.2, -0.15) is 0 Å². The fourth-order valence-corrected chi connectivity index (χ4v) is 1.72. The first-order valence-electron chi connectivity index (χ1n) is 5.38. The average molecular weight is 235 g/mol. The molecule has 1 unspecified atom stereocenters. The summed E-state index contributed by atoms with van der Waals surface area (Å²) in [6, 6.07) is 3.00. The Hall–Kier alpha value is -2.11. The molecule has 6 heteroatoms. The van der Waals surface area contributed by atoms with E-state index in [0.717, 1.165) is 6.42 Å². The van der Waals surface area contributed by atoms with Gasteiger partial charge in [0.15, 0.2) is 0 Å². The van der Waals surface area contributed by atoms with Crippen LogP contribution in [0.4, 0.5) is 5.82 Å². The van der Waals surface area contributed by atoms with Crippen molar-refractivity contribution in [3.8, 4) is 0 Å². The van der Waals surface area contributed by atoms with Crippen molar-refractivity contribution in [1.82, 2.24) is 10.3 Å². The highest BCUT2D eigenvalue weighted by Gasteiger charge is 2.20. The zero-order valence-electron chi connectivity index (χ0n) is 9.14. The SMILES string of the molecule is O=C1CCC(CNc2cc(C(=O)O)ccn2)N1. The summed E-state index contributed by atoms with van der Waals surface area (Å²) in [4.78, 5) is 25.7. The Balaban J connectivity index is 1.92. The first-order chi connectivity index (χ1) is 8.15. The highest BCUT2D eigenvalue weighted by atomic mass is 16.4. The molecule has 1 aromatic rings. The van der Waals surface area contributed by atoms with Gasteiger partial charge < -0.3 is 15.7 Å². The Labute approximate surface area is 98.1 Å². The summed E-state index contributed by atoms with van der Waals surface area (Å²) < 4.78 is 0. The average Bonchev–Trinajstić information content (AvgIpc) is 2.73. The van der Waals surface area contributed by atoms with Crippen molar-refractivity contribution in [2.45, 2.75) is 18.9 Å². The third-order valence-corrected chi connectivity index (χ3v) is 2.62. The van der Waals surface area contributed by atoms with Crippen LogP contribution in [0.25, 0.3) is 0 Å². The third-order valence-electron chi connectivity index (χ3n) is 2.62. The van der Waals surface area contributed by atoms with E-state index in [2.05, 4.69) is 15.6 Å². The maximum Gasteiger partial charge on any atom is 0.335 e. The minimum atomic E-state index is -0.982. The van der Waals surface area contributed by atoms with Crippen molar-refractivity contribution in [2.75, 3.05) is 11.9 Å². The second-order valence-corrected chi connectivity index (χ2v) is 3.92. The molecule has 2 heterocycles. The smallest absolute Gasteiger partial charge is 0.335 e. The maximum atomic E-state index is 11.0. The number of carbonyl (C=O) groups is 2. The van der Waals surface area contributed by atoms with Gasteiger partial charge in [-0.05, 0) is 18.6 Å². The number of hydrogen-bond acceptors (Lipinski definition) is 4. The molecule has 1 aliphatic heterocycles. The second kappa shape index (κ2) is 4.82. The third kappa shape index (κ3) is 2.93. The van der Waals surface area contributed by atoms with Crippen LogP contribution in [-0.4, -0.2) is 34.6 Å². The molecule has 1 fully saturated rings. The molecule has 1 aromatic heterocycles. The van der Waals surface area contributed by atoms with E-state index in [4.69, 9.17) is 5.11 Å². The number of hydrogen-bond donors (Lipinski definition) is 3. The topological polar surface area (TPSA) is 91.3 Å². The van der Waals surface area contributed by atoms with Gasteiger partial charge in [0.05, 0.1) is 5.56 Å². The molecule has 6 nitrogen and oxygen atoms in total. The predicted molar refractivity (Wildman–Crippen MR) is 60.9 cm³/mol. The molecule has 0 spiro atoms. The summed E-state index contributed by atoms with van der Waals surface area (Å²) in [7, 11) is 0. The Bertz CT molecular complexity index is 447. The monoisotopic (exact) mass is 235 g/mol. The highest BCUT2D eigenvalue weighted by molar-refractivity contribution is 5.88. The number of aromatic carboxylic acids is 1. The quantitative estimate of drug-likeness (QED) is 0.705. The Kier molecular flexibility index (Phi) is 3.22. The van der Waals surface area contributed by atoms with E-state index < -0.39 is 5.97 Å². The zero-order chi connectivity index (χ0) is 12.3. The molecule has 2 rings (SSSR count). The number of aromatic nitrogens is 1. The molecule has 0 radical (unpaired) electrons. The minimum absolute atomic E-state index is 0.0593. The van der Waals surface area contributed by atoms with Crippen molar-refractivity contribution < 1.29 is 14.7 Å². The standard InChI is InChI=1S/C11H13N3O3/c15-10-2-1-8(14-10)6-13-9-5-7(11(16)17)3-4-12-9/h3-5,8H,1-2,6H2,(H,12,13)(H,14,15)(H,16,17). The first kappa shape index (κ1) is 11.4. The number of pyridine rings is 1. The van der Waals surface area contributed by atoms with E-state index in [1.807, 2.05) is 0 Å². The summed E-state index contributed by atoms with van der Waals surface area (Å²) >= 11 is 0. The molecule has 90 valence electrons. The van der Waals surface area contributed by atoms with Gasteiger partial charge in [-0.3, -0.25) is 4.79 Å². The lowest BCUT2D eigenvalue weighted by Crippen LogP contribution is -2.32. The van der Waals surface area contributed by atoms with E-state index in [0.29, 0.717) is 18.8 Å². The Morgan fingerprint density at radius 2 is 2.47 bits per heavy atom. The molecular formula is C11H13N3O3. The lowest BCUT2D eigenvalue weighted by Gasteiger charge is -2.11. The van der Waals surface area contributed by atoms with E-state index in [1.54, 1.807) is 0 Å². The largest absolute Gasteiger partial charge is 0.478 e. The Morgan fingerprint density at radius 1 is 1.65 bits per heavy atom. The Morgan fingerprint density at radius 3 is 3.12 bits per heavy atom. The fraction of sp³-hybridized carbons (Fsp3) is 0.364.